The Balaban J connectivity index is -0.0000000450. The van der Waals surface area contributed by atoms with E-state index in [9.17, 15) is 0 Å². The van der Waals surface area contributed by atoms with E-state index in [1.807, 2.05) is 0 Å². The van der Waals surface area contributed by atoms with Crippen LogP contribution in [0.3, 0.4) is 0 Å². The SMILES string of the molecule is O=[N+]([O-])[O-].O=[N+]([O-])[O-].O=[N+]([O-])[O-].[Cu+3]. The first-order valence-corrected chi connectivity index (χ1v) is 1.64. The molecule has 0 N–H and O–H groups in total. The molecule has 0 radical (unpaired) electrons. The second-order valence-electron chi connectivity index (χ2n) is 0.671. The van der Waals surface area contributed by atoms with Crippen LogP contribution in [0.15, 0.2) is 0 Å². The zero-order valence-corrected chi connectivity index (χ0v) is 6.26. The first-order chi connectivity index (χ1) is 5.20. The number of hydrogen-bond donors (Lipinski definition) is 0. The van der Waals surface area contributed by atoms with Gasteiger partial charge in [-0.25, -0.2) is 0 Å². The van der Waals surface area contributed by atoms with Crippen molar-refractivity contribution in [3.8, 4) is 0 Å². The van der Waals surface area contributed by atoms with Crippen LogP contribution in [0.5, 0.6) is 0 Å². The average Bonchev–Trinajstić information content (AvgIpc) is 1.54. The molecule has 80 valence electrons. The van der Waals surface area contributed by atoms with Crippen LogP contribution in [0.25, 0.3) is 0 Å². The third-order valence-electron chi connectivity index (χ3n) is 0. The van der Waals surface area contributed by atoms with Gasteiger partial charge in [0.25, 0.3) is 0 Å². The maximum atomic E-state index is 8.25. The molecule has 0 heterocycles. The molecule has 0 rings (SSSR count). The topological polar surface area (TPSA) is 199 Å². The molecule has 0 atom stereocenters. The van der Waals surface area contributed by atoms with E-state index in [0.29, 0.717) is 0 Å². The molecule has 0 saturated carbocycles. The Labute approximate surface area is 79.2 Å². The molecule has 0 amide bonds. The summed E-state index contributed by atoms with van der Waals surface area (Å²) in [5.74, 6) is 0. The maximum Gasteiger partial charge on any atom is 3.00 e. The molecule has 0 bridgehead atoms. The van der Waals surface area contributed by atoms with Crippen LogP contribution in [-0.4, -0.2) is 15.3 Å². The summed E-state index contributed by atoms with van der Waals surface area (Å²) in [4.78, 5) is 24.8. The van der Waals surface area contributed by atoms with Crippen molar-refractivity contribution in [3.05, 3.63) is 46.0 Å². The predicted molar refractivity (Wildman–Crippen MR) is 31.1 cm³/mol. The fraction of sp³-hybridized carbons (Fsp3) is 0. The Kier molecular flexibility index (Phi) is 28.7. The minimum absolute atomic E-state index is 0. The summed E-state index contributed by atoms with van der Waals surface area (Å²) in [5, 5.41) is 44.2. The van der Waals surface area contributed by atoms with Gasteiger partial charge in [0.2, 0.25) is 0 Å². The summed E-state index contributed by atoms with van der Waals surface area (Å²) in [7, 11) is 0. The van der Waals surface area contributed by atoms with Crippen molar-refractivity contribution in [2.24, 2.45) is 0 Å². The van der Waals surface area contributed by atoms with Gasteiger partial charge in [0, 0.05) is 0 Å². The van der Waals surface area contributed by atoms with E-state index in [-0.39, 0.29) is 17.1 Å². The van der Waals surface area contributed by atoms with Gasteiger partial charge >= 0.3 is 17.1 Å². The molecule has 13 heavy (non-hydrogen) atoms. The van der Waals surface area contributed by atoms with E-state index in [4.69, 9.17) is 46.0 Å². The molecule has 0 unspecified atom stereocenters. The minimum atomic E-state index is -1.75. The van der Waals surface area contributed by atoms with E-state index >= 15 is 0 Å². The molecule has 0 aromatic heterocycles. The van der Waals surface area contributed by atoms with Crippen molar-refractivity contribution in [3.63, 3.8) is 0 Å². The molecule has 0 aliphatic rings. The van der Waals surface area contributed by atoms with E-state index in [2.05, 4.69) is 0 Å². The van der Waals surface area contributed by atoms with Crippen LogP contribution in [0.2, 0.25) is 0 Å². The molecule has 13 heteroatoms. The van der Waals surface area contributed by atoms with Crippen LogP contribution < -0.4 is 0 Å². The van der Waals surface area contributed by atoms with Gasteiger partial charge in [-0.05, 0) is 0 Å². The average molecular weight is 250 g/mol. The summed E-state index contributed by atoms with van der Waals surface area (Å²) >= 11 is 0. The van der Waals surface area contributed by atoms with Crippen LogP contribution in [-0.2, 0) is 17.1 Å². The zero-order chi connectivity index (χ0) is 10.7. The van der Waals surface area contributed by atoms with Crippen molar-refractivity contribution in [2.75, 3.05) is 0 Å². The minimum Gasteiger partial charge on any atom is -0.356 e. The Bertz CT molecular complexity index is 112. The normalized spacial score (nSPS) is 5.54. The fourth-order valence-electron chi connectivity index (χ4n) is 0. The summed E-state index contributed by atoms with van der Waals surface area (Å²) in [5.41, 5.74) is 0. The van der Waals surface area contributed by atoms with Crippen molar-refractivity contribution in [1.29, 1.82) is 0 Å². The van der Waals surface area contributed by atoms with Gasteiger partial charge in [-0.3, -0.25) is 0 Å². The van der Waals surface area contributed by atoms with Gasteiger partial charge in [-0.2, -0.15) is 0 Å². The first kappa shape index (κ1) is 22.5. The van der Waals surface area contributed by atoms with E-state index in [1.165, 1.54) is 0 Å². The van der Waals surface area contributed by atoms with Gasteiger partial charge < -0.3 is 46.0 Å². The van der Waals surface area contributed by atoms with Crippen molar-refractivity contribution in [1.82, 2.24) is 0 Å². The molecule has 0 spiro atoms. The van der Waals surface area contributed by atoms with Gasteiger partial charge in [0.1, 0.15) is 0 Å². The molecule has 0 aliphatic heterocycles. The standard InChI is InChI=1S/Cu.3NO3/c;3*2-1(3)4/q+3;3*-1. The maximum absolute atomic E-state index is 8.25. The molecule has 12 nitrogen and oxygen atoms in total. The van der Waals surface area contributed by atoms with Gasteiger partial charge in [0.05, 0.1) is 15.3 Å². The van der Waals surface area contributed by atoms with Crippen LogP contribution in [0, 0.1) is 46.0 Å². The Morgan fingerprint density at radius 1 is 0.538 bits per heavy atom. The number of nitrogens with zero attached hydrogens (tertiary/aromatic N) is 3. The summed E-state index contributed by atoms with van der Waals surface area (Å²) in [6.07, 6.45) is 0. The monoisotopic (exact) mass is 249 g/mol. The van der Waals surface area contributed by atoms with Crippen LogP contribution in [0.4, 0.5) is 0 Å². The Morgan fingerprint density at radius 3 is 0.538 bits per heavy atom. The van der Waals surface area contributed by atoms with Crippen LogP contribution in [0.1, 0.15) is 0 Å². The summed E-state index contributed by atoms with van der Waals surface area (Å²) < 4.78 is 0. The molecular formula is CuN3O9. The second-order valence-corrected chi connectivity index (χ2v) is 0.671. The third kappa shape index (κ3) is 189. The first-order valence-electron chi connectivity index (χ1n) is 1.64. The summed E-state index contributed by atoms with van der Waals surface area (Å²) in [6, 6.07) is 0. The third-order valence-corrected chi connectivity index (χ3v) is 0. The Morgan fingerprint density at radius 2 is 0.538 bits per heavy atom. The quantitative estimate of drug-likeness (QED) is 0.301. The summed E-state index contributed by atoms with van der Waals surface area (Å²) in [6.45, 7) is 0. The Hall–Kier alpha value is -1.88. The van der Waals surface area contributed by atoms with Crippen molar-refractivity contribution < 1.29 is 32.3 Å². The second kappa shape index (κ2) is 16.6. The fourth-order valence-corrected chi connectivity index (χ4v) is 0. The number of hydrogen-bond acceptors (Lipinski definition) is 9. The smallest absolute Gasteiger partial charge is 0.356 e. The van der Waals surface area contributed by atoms with Gasteiger partial charge in [-0.1, -0.05) is 0 Å². The molecule has 0 aromatic carbocycles. The van der Waals surface area contributed by atoms with E-state index in [0.717, 1.165) is 0 Å². The molecular weight excluding hydrogens is 250 g/mol. The largest absolute Gasteiger partial charge is 3.00 e. The molecule has 0 aromatic rings. The van der Waals surface area contributed by atoms with E-state index < -0.39 is 15.3 Å². The van der Waals surface area contributed by atoms with Crippen molar-refractivity contribution >= 4 is 0 Å². The van der Waals surface area contributed by atoms with Crippen LogP contribution >= 0.6 is 0 Å². The zero-order valence-electron chi connectivity index (χ0n) is 5.32. The predicted octanol–water partition coefficient (Wildman–Crippen LogP) is -0.720. The molecule has 0 saturated heterocycles. The van der Waals surface area contributed by atoms with E-state index in [1.54, 1.807) is 0 Å². The van der Waals surface area contributed by atoms with Crippen molar-refractivity contribution in [2.45, 2.75) is 0 Å². The molecule has 0 aliphatic carbocycles. The molecule has 0 fully saturated rings. The number of rotatable bonds is 0. The van der Waals surface area contributed by atoms with Gasteiger partial charge in [0.15, 0.2) is 0 Å². The van der Waals surface area contributed by atoms with Gasteiger partial charge in [-0.15, -0.1) is 0 Å².